The van der Waals surface area contributed by atoms with E-state index in [0.717, 1.165) is 25.9 Å². The summed E-state index contributed by atoms with van der Waals surface area (Å²) in [6.07, 6.45) is 2.89. The lowest BCUT2D eigenvalue weighted by Gasteiger charge is -2.31. The summed E-state index contributed by atoms with van der Waals surface area (Å²) in [4.78, 5) is 28.8. The zero-order valence-electron chi connectivity index (χ0n) is 11.5. The number of amides is 2. The number of nitrogen functional groups attached to an aromatic ring is 1. The van der Waals surface area contributed by atoms with Crippen LogP contribution in [0.3, 0.4) is 0 Å². The van der Waals surface area contributed by atoms with Crippen molar-refractivity contribution in [2.24, 2.45) is 5.73 Å². The maximum Gasteiger partial charge on any atom is 0.253 e. The van der Waals surface area contributed by atoms with E-state index in [-0.39, 0.29) is 29.6 Å². The van der Waals surface area contributed by atoms with Crippen LogP contribution in [0.5, 0.6) is 0 Å². The van der Waals surface area contributed by atoms with Gasteiger partial charge in [0.15, 0.2) is 0 Å². The number of nitrogens with two attached hydrogens (primary N) is 2. The molecule has 2 amide bonds. The molecule has 0 spiro atoms. The average Bonchev–Trinajstić information content (AvgIpc) is 2.43. The van der Waals surface area contributed by atoms with E-state index in [1.54, 1.807) is 0 Å². The lowest BCUT2D eigenvalue weighted by atomic mass is 10.0. The van der Waals surface area contributed by atoms with Crippen molar-refractivity contribution in [3.63, 3.8) is 0 Å². The maximum absolute atomic E-state index is 12.2. The molecule has 0 aromatic carbocycles. The number of halogens is 1. The molecule has 21 heavy (non-hydrogen) atoms. The molecule has 0 radical (unpaired) electrons. The number of primary amides is 1. The molecule has 1 aromatic rings. The second-order valence-electron chi connectivity index (χ2n) is 5.08. The minimum Gasteiger partial charge on any atom is -0.397 e. The Morgan fingerprint density at radius 1 is 1.43 bits per heavy atom. The topological polar surface area (TPSA) is 114 Å². The molecule has 2 heterocycles. The van der Waals surface area contributed by atoms with Crippen LogP contribution in [-0.4, -0.2) is 47.4 Å². The molecule has 0 aliphatic carbocycles. The Hall–Kier alpha value is -1.86. The molecule has 0 saturated carbocycles. The van der Waals surface area contributed by atoms with Gasteiger partial charge < -0.3 is 16.8 Å². The van der Waals surface area contributed by atoms with Crippen molar-refractivity contribution in [3.8, 4) is 0 Å². The van der Waals surface area contributed by atoms with Gasteiger partial charge in [-0.25, -0.2) is 4.98 Å². The van der Waals surface area contributed by atoms with Gasteiger partial charge in [0.05, 0.1) is 24.0 Å². The molecule has 1 aliphatic rings. The van der Waals surface area contributed by atoms with Gasteiger partial charge in [-0.15, -0.1) is 0 Å². The minimum atomic E-state index is -0.336. The summed E-state index contributed by atoms with van der Waals surface area (Å²) >= 11 is 5.77. The highest BCUT2D eigenvalue weighted by Crippen LogP contribution is 2.16. The Balaban J connectivity index is 1.90. The number of anilines is 1. The van der Waals surface area contributed by atoms with Crippen molar-refractivity contribution >= 4 is 29.1 Å². The van der Waals surface area contributed by atoms with Gasteiger partial charge in [-0.2, -0.15) is 0 Å². The van der Waals surface area contributed by atoms with E-state index >= 15 is 0 Å². The van der Waals surface area contributed by atoms with Crippen LogP contribution in [0.1, 0.15) is 23.2 Å². The van der Waals surface area contributed by atoms with Crippen LogP contribution in [-0.2, 0) is 4.79 Å². The van der Waals surface area contributed by atoms with E-state index in [1.807, 2.05) is 4.90 Å². The van der Waals surface area contributed by atoms with E-state index in [9.17, 15) is 9.59 Å². The maximum atomic E-state index is 12.2. The third-order valence-electron chi connectivity index (χ3n) is 3.45. The SMILES string of the molecule is NC(=O)CN1CCC(NC(=O)c2cc(Cl)ncc2N)CC1. The molecular weight excluding hydrogens is 294 g/mol. The number of hydrogen-bond acceptors (Lipinski definition) is 5. The second-order valence-corrected chi connectivity index (χ2v) is 5.47. The highest BCUT2D eigenvalue weighted by Gasteiger charge is 2.22. The largest absolute Gasteiger partial charge is 0.397 e. The Morgan fingerprint density at radius 3 is 2.71 bits per heavy atom. The van der Waals surface area contributed by atoms with Crippen molar-refractivity contribution in [1.82, 2.24) is 15.2 Å². The first-order chi connectivity index (χ1) is 9.95. The summed E-state index contributed by atoms with van der Waals surface area (Å²) in [7, 11) is 0. The molecule has 1 fully saturated rings. The first-order valence-corrected chi connectivity index (χ1v) is 7.06. The molecule has 5 N–H and O–H groups in total. The van der Waals surface area contributed by atoms with Gasteiger partial charge in [0.2, 0.25) is 5.91 Å². The van der Waals surface area contributed by atoms with Crippen LogP contribution in [0.4, 0.5) is 5.69 Å². The zero-order valence-corrected chi connectivity index (χ0v) is 12.3. The number of carbonyl (C=O) groups is 2. The van der Waals surface area contributed by atoms with Crippen molar-refractivity contribution < 1.29 is 9.59 Å². The van der Waals surface area contributed by atoms with Crippen LogP contribution >= 0.6 is 11.6 Å². The highest BCUT2D eigenvalue weighted by atomic mass is 35.5. The Bertz CT molecular complexity index is 543. The third-order valence-corrected chi connectivity index (χ3v) is 3.65. The van der Waals surface area contributed by atoms with Gasteiger partial charge in [0.25, 0.3) is 5.91 Å². The van der Waals surface area contributed by atoms with Gasteiger partial charge >= 0.3 is 0 Å². The fourth-order valence-electron chi connectivity index (χ4n) is 2.36. The van der Waals surface area contributed by atoms with Crippen LogP contribution in [0.15, 0.2) is 12.3 Å². The fourth-order valence-corrected chi connectivity index (χ4v) is 2.51. The zero-order chi connectivity index (χ0) is 15.4. The molecule has 114 valence electrons. The van der Waals surface area contributed by atoms with Gasteiger partial charge in [-0.3, -0.25) is 14.5 Å². The highest BCUT2D eigenvalue weighted by molar-refractivity contribution is 6.29. The standard InChI is InChI=1S/C13H18ClN5O2/c14-11-5-9(10(15)6-17-11)13(21)18-8-1-3-19(4-2-8)7-12(16)20/h5-6,8H,1-4,7,15H2,(H2,16,20)(H,18,21). The van der Waals surface area contributed by atoms with Gasteiger partial charge in [-0.05, 0) is 18.9 Å². The number of nitrogens with one attached hydrogen (secondary N) is 1. The Kier molecular flexibility index (Phi) is 4.98. The number of hydrogen-bond donors (Lipinski definition) is 3. The Morgan fingerprint density at radius 2 is 2.10 bits per heavy atom. The van der Waals surface area contributed by atoms with Gasteiger partial charge in [0, 0.05) is 19.1 Å². The number of rotatable bonds is 4. The van der Waals surface area contributed by atoms with Crippen LogP contribution in [0.25, 0.3) is 0 Å². The molecular formula is C13H18ClN5O2. The molecule has 8 heteroatoms. The smallest absolute Gasteiger partial charge is 0.253 e. The summed E-state index contributed by atoms with van der Waals surface area (Å²) in [6.45, 7) is 1.70. The molecule has 0 unspecified atom stereocenters. The van der Waals surface area contributed by atoms with E-state index in [1.165, 1.54) is 12.3 Å². The van der Waals surface area contributed by atoms with E-state index in [2.05, 4.69) is 10.3 Å². The summed E-state index contributed by atoms with van der Waals surface area (Å²) in [5.74, 6) is -0.596. The van der Waals surface area contributed by atoms with E-state index < -0.39 is 0 Å². The predicted molar refractivity (Wildman–Crippen MR) is 79.8 cm³/mol. The molecule has 0 atom stereocenters. The molecule has 7 nitrogen and oxygen atoms in total. The molecule has 1 saturated heterocycles. The van der Waals surface area contributed by atoms with Crippen molar-refractivity contribution in [3.05, 3.63) is 23.0 Å². The molecule has 2 rings (SSSR count). The lowest BCUT2D eigenvalue weighted by molar-refractivity contribution is -0.119. The first-order valence-electron chi connectivity index (χ1n) is 6.68. The molecule has 1 aliphatic heterocycles. The number of pyridine rings is 1. The number of piperidine rings is 1. The minimum absolute atomic E-state index is 0.0490. The number of carbonyl (C=O) groups excluding carboxylic acids is 2. The number of aromatic nitrogens is 1. The predicted octanol–water partition coefficient (Wildman–Crippen LogP) is -0.00330. The van der Waals surface area contributed by atoms with Gasteiger partial charge in [-0.1, -0.05) is 11.6 Å². The van der Waals surface area contributed by atoms with Crippen molar-refractivity contribution in [2.45, 2.75) is 18.9 Å². The van der Waals surface area contributed by atoms with Crippen LogP contribution < -0.4 is 16.8 Å². The monoisotopic (exact) mass is 311 g/mol. The molecule has 0 bridgehead atoms. The van der Waals surface area contributed by atoms with Gasteiger partial charge in [0.1, 0.15) is 5.15 Å². The first kappa shape index (κ1) is 15.5. The Labute approximate surface area is 127 Å². The average molecular weight is 312 g/mol. The summed E-state index contributed by atoms with van der Waals surface area (Å²) in [5.41, 5.74) is 11.5. The van der Waals surface area contributed by atoms with Crippen molar-refractivity contribution in [1.29, 1.82) is 0 Å². The van der Waals surface area contributed by atoms with Crippen molar-refractivity contribution in [2.75, 3.05) is 25.4 Å². The second kappa shape index (κ2) is 6.73. The number of likely N-dealkylation sites (tertiary alicyclic amines) is 1. The normalized spacial score (nSPS) is 16.6. The van der Waals surface area contributed by atoms with E-state index in [4.69, 9.17) is 23.1 Å². The van der Waals surface area contributed by atoms with Crippen LogP contribution in [0, 0.1) is 0 Å². The van der Waals surface area contributed by atoms with E-state index in [0.29, 0.717) is 11.3 Å². The summed E-state index contributed by atoms with van der Waals surface area (Å²) in [5, 5.41) is 3.16. The summed E-state index contributed by atoms with van der Waals surface area (Å²) in [6, 6.07) is 1.50. The fraction of sp³-hybridized carbons (Fsp3) is 0.462. The van der Waals surface area contributed by atoms with Crippen LogP contribution in [0.2, 0.25) is 5.15 Å². The summed E-state index contributed by atoms with van der Waals surface area (Å²) < 4.78 is 0. The number of nitrogens with zero attached hydrogens (tertiary/aromatic N) is 2. The third kappa shape index (κ3) is 4.30. The quantitative estimate of drug-likeness (QED) is 0.677. The molecule has 1 aromatic heterocycles. The lowest BCUT2D eigenvalue weighted by Crippen LogP contribution is -2.46.